The van der Waals surface area contributed by atoms with Crippen molar-refractivity contribution in [2.45, 2.75) is 25.3 Å². The lowest BCUT2D eigenvalue weighted by atomic mass is 10.1. The van der Waals surface area contributed by atoms with Gasteiger partial charge in [-0.2, -0.15) is 0 Å². The summed E-state index contributed by atoms with van der Waals surface area (Å²) in [5.74, 6) is 0. The largest absolute Gasteiger partial charge is 0.330 e. The van der Waals surface area contributed by atoms with Gasteiger partial charge in [0.2, 0.25) is 0 Å². The van der Waals surface area contributed by atoms with Crippen molar-refractivity contribution < 1.29 is 0 Å². The molecule has 0 aromatic heterocycles. The molecule has 1 saturated heterocycles. The quantitative estimate of drug-likeness (QED) is 0.706. The van der Waals surface area contributed by atoms with Gasteiger partial charge in [-0.3, -0.25) is 0 Å². The molecule has 1 aliphatic heterocycles. The third-order valence-electron chi connectivity index (χ3n) is 3.96. The maximum atomic E-state index is 5.81. The molecule has 2 N–H and O–H groups in total. The van der Waals surface area contributed by atoms with Crippen LogP contribution in [0.2, 0.25) is 0 Å². The molecule has 1 unspecified atom stereocenters. The van der Waals surface area contributed by atoms with Gasteiger partial charge in [0.1, 0.15) is 0 Å². The van der Waals surface area contributed by atoms with Gasteiger partial charge in [0.05, 0.1) is 0 Å². The van der Waals surface area contributed by atoms with E-state index >= 15 is 0 Å². The smallest absolute Gasteiger partial charge is 0.0232 e. The minimum absolute atomic E-state index is 0.496. The Morgan fingerprint density at radius 3 is 2.64 bits per heavy atom. The Morgan fingerprint density at radius 2 is 2.21 bits per heavy atom. The van der Waals surface area contributed by atoms with Gasteiger partial charge in [0, 0.05) is 19.1 Å². The van der Waals surface area contributed by atoms with Gasteiger partial charge in [0.15, 0.2) is 0 Å². The van der Waals surface area contributed by atoms with E-state index in [1.807, 2.05) is 0 Å². The number of nitrogens with two attached hydrogens (primary N) is 1. The molecule has 1 atom stereocenters. The van der Waals surface area contributed by atoms with E-state index in [2.05, 4.69) is 23.9 Å². The van der Waals surface area contributed by atoms with E-state index in [1.54, 1.807) is 0 Å². The molecule has 0 amide bonds. The Balaban J connectivity index is 1.80. The molecule has 1 aliphatic carbocycles. The average Bonchev–Trinajstić information content (AvgIpc) is 2.80. The minimum atomic E-state index is 0.496. The van der Waals surface area contributed by atoms with Crippen LogP contribution in [0.4, 0.5) is 0 Å². The van der Waals surface area contributed by atoms with Crippen LogP contribution in [0, 0.1) is 5.41 Å². The fourth-order valence-corrected chi connectivity index (χ4v) is 2.53. The van der Waals surface area contributed by atoms with Crippen LogP contribution in [0.25, 0.3) is 0 Å². The Hall–Kier alpha value is -0.120. The number of rotatable bonds is 4. The van der Waals surface area contributed by atoms with E-state index in [0.29, 0.717) is 5.41 Å². The third-order valence-corrected chi connectivity index (χ3v) is 3.96. The van der Waals surface area contributed by atoms with Crippen LogP contribution in [-0.4, -0.2) is 56.1 Å². The summed E-state index contributed by atoms with van der Waals surface area (Å²) in [5, 5.41) is 0. The van der Waals surface area contributed by atoms with Gasteiger partial charge >= 0.3 is 0 Å². The van der Waals surface area contributed by atoms with E-state index in [0.717, 1.165) is 12.6 Å². The van der Waals surface area contributed by atoms with E-state index in [1.165, 1.54) is 38.9 Å². The highest BCUT2D eigenvalue weighted by Crippen LogP contribution is 2.45. The highest BCUT2D eigenvalue weighted by molar-refractivity contribution is 4.97. The molecule has 82 valence electrons. The summed E-state index contributed by atoms with van der Waals surface area (Å²) in [4.78, 5) is 4.95. The van der Waals surface area contributed by atoms with Gasteiger partial charge in [-0.15, -0.1) is 0 Å². The van der Waals surface area contributed by atoms with Crippen molar-refractivity contribution in [2.75, 3.05) is 40.3 Å². The van der Waals surface area contributed by atoms with Crippen LogP contribution >= 0.6 is 0 Å². The van der Waals surface area contributed by atoms with E-state index in [-0.39, 0.29) is 0 Å². The Morgan fingerprint density at radius 1 is 1.50 bits per heavy atom. The molecule has 0 spiro atoms. The molecule has 2 aliphatic rings. The molecule has 3 nitrogen and oxygen atoms in total. The van der Waals surface area contributed by atoms with Crippen molar-refractivity contribution in [1.29, 1.82) is 0 Å². The van der Waals surface area contributed by atoms with Crippen molar-refractivity contribution in [1.82, 2.24) is 9.80 Å². The van der Waals surface area contributed by atoms with Crippen molar-refractivity contribution in [2.24, 2.45) is 11.1 Å². The van der Waals surface area contributed by atoms with E-state index < -0.39 is 0 Å². The van der Waals surface area contributed by atoms with Crippen molar-refractivity contribution >= 4 is 0 Å². The monoisotopic (exact) mass is 197 g/mol. The zero-order chi connectivity index (χ0) is 10.2. The van der Waals surface area contributed by atoms with Gasteiger partial charge < -0.3 is 15.5 Å². The number of hydrogen-bond donors (Lipinski definition) is 1. The highest BCUT2D eigenvalue weighted by atomic mass is 15.2. The summed E-state index contributed by atoms with van der Waals surface area (Å²) < 4.78 is 0. The Labute approximate surface area is 87.2 Å². The van der Waals surface area contributed by atoms with Crippen molar-refractivity contribution in [3.8, 4) is 0 Å². The molecule has 0 aromatic rings. The lowest BCUT2D eigenvalue weighted by molar-refractivity contribution is 0.200. The summed E-state index contributed by atoms with van der Waals surface area (Å²) in [6.07, 6.45) is 4.01. The first-order valence-electron chi connectivity index (χ1n) is 5.74. The van der Waals surface area contributed by atoms with Crippen LogP contribution in [0.3, 0.4) is 0 Å². The minimum Gasteiger partial charge on any atom is -0.330 e. The molecule has 2 rings (SSSR count). The molecule has 0 radical (unpaired) electrons. The lowest BCUT2D eigenvalue weighted by Gasteiger charge is -2.28. The SMILES string of the molecule is CN1CCC(N(C)CC2(CN)CC2)C1. The van der Waals surface area contributed by atoms with Crippen LogP contribution in [-0.2, 0) is 0 Å². The number of hydrogen-bond acceptors (Lipinski definition) is 3. The lowest BCUT2D eigenvalue weighted by Crippen LogP contribution is -2.39. The first-order chi connectivity index (χ1) is 6.65. The van der Waals surface area contributed by atoms with Crippen LogP contribution in [0.5, 0.6) is 0 Å². The highest BCUT2D eigenvalue weighted by Gasteiger charge is 2.43. The maximum Gasteiger partial charge on any atom is 0.0232 e. The first kappa shape index (κ1) is 10.4. The fraction of sp³-hybridized carbons (Fsp3) is 1.00. The van der Waals surface area contributed by atoms with Crippen LogP contribution in [0.15, 0.2) is 0 Å². The predicted octanol–water partition coefficient (Wildman–Crippen LogP) is 0.361. The third kappa shape index (κ3) is 2.10. The van der Waals surface area contributed by atoms with E-state index in [4.69, 9.17) is 5.73 Å². The fourth-order valence-electron chi connectivity index (χ4n) is 2.53. The number of likely N-dealkylation sites (tertiary alicyclic amines) is 1. The summed E-state index contributed by atoms with van der Waals surface area (Å²) >= 11 is 0. The van der Waals surface area contributed by atoms with Crippen LogP contribution in [0.1, 0.15) is 19.3 Å². The zero-order valence-corrected chi connectivity index (χ0v) is 9.50. The van der Waals surface area contributed by atoms with Gasteiger partial charge in [0.25, 0.3) is 0 Å². The van der Waals surface area contributed by atoms with Crippen molar-refractivity contribution in [3.63, 3.8) is 0 Å². The maximum absolute atomic E-state index is 5.81. The number of likely N-dealkylation sites (N-methyl/N-ethyl adjacent to an activating group) is 2. The molecule has 2 fully saturated rings. The number of nitrogens with zero attached hydrogens (tertiary/aromatic N) is 2. The predicted molar refractivity (Wildman–Crippen MR) is 59.3 cm³/mol. The molecule has 1 saturated carbocycles. The summed E-state index contributed by atoms with van der Waals surface area (Å²) in [5.41, 5.74) is 6.30. The summed E-state index contributed by atoms with van der Waals surface area (Å²) in [7, 11) is 4.48. The molecule has 0 aromatic carbocycles. The normalized spacial score (nSPS) is 31.3. The molecule has 1 heterocycles. The average molecular weight is 197 g/mol. The Kier molecular flexibility index (Phi) is 2.82. The molecular weight excluding hydrogens is 174 g/mol. The molecule has 0 bridgehead atoms. The molecule has 3 heteroatoms. The molecule has 14 heavy (non-hydrogen) atoms. The first-order valence-corrected chi connectivity index (χ1v) is 5.74. The van der Waals surface area contributed by atoms with Gasteiger partial charge in [-0.1, -0.05) is 0 Å². The second-order valence-electron chi connectivity index (χ2n) is 5.32. The summed E-state index contributed by atoms with van der Waals surface area (Å²) in [6.45, 7) is 4.57. The Bertz CT molecular complexity index is 201. The summed E-state index contributed by atoms with van der Waals surface area (Å²) in [6, 6.07) is 0.768. The van der Waals surface area contributed by atoms with Crippen molar-refractivity contribution in [3.05, 3.63) is 0 Å². The van der Waals surface area contributed by atoms with Gasteiger partial charge in [-0.05, 0) is 51.9 Å². The topological polar surface area (TPSA) is 32.5 Å². The zero-order valence-electron chi connectivity index (χ0n) is 9.50. The molecular formula is C11H23N3. The van der Waals surface area contributed by atoms with E-state index in [9.17, 15) is 0 Å². The second kappa shape index (κ2) is 3.80. The standard InChI is InChI=1S/C11H23N3/c1-13-6-3-10(7-13)14(2)9-11(8-12)4-5-11/h10H,3-9,12H2,1-2H3. The van der Waals surface area contributed by atoms with Gasteiger partial charge in [-0.25, -0.2) is 0 Å². The van der Waals surface area contributed by atoms with Crippen LogP contribution < -0.4 is 5.73 Å². The second-order valence-corrected chi connectivity index (χ2v) is 5.32.